The summed E-state index contributed by atoms with van der Waals surface area (Å²) in [7, 11) is 0. The van der Waals surface area contributed by atoms with Gasteiger partial charge in [-0.05, 0) is 44.4 Å². The van der Waals surface area contributed by atoms with Gasteiger partial charge in [-0.25, -0.2) is 0 Å². The molecule has 0 atom stereocenters. The van der Waals surface area contributed by atoms with Crippen molar-refractivity contribution in [1.29, 1.82) is 0 Å². The summed E-state index contributed by atoms with van der Waals surface area (Å²) >= 11 is 0. The standard InChI is InChI=1S/C30H58O2/c1-4-5-6-7-8-9-10-11-12-13-14-15-18-21-24-27-30(31)32-28-25-22-19-16-17-20-23-26-29(2)3/h11-12,29H,4-10,13-28H2,1-3H3/b12-11+. The highest BCUT2D eigenvalue weighted by Gasteiger charge is 2.02. The Hall–Kier alpha value is -0.790. The predicted molar refractivity (Wildman–Crippen MR) is 142 cm³/mol. The van der Waals surface area contributed by atoms with Gasteiger partial charge in [0.05, 0.1) is 6.61 Å². The van der Waals surface area contributed by atoms with Crippen molar-refractivity contribution in [2.24, 2.45) is 5.92 Å². The third kappa shape index (κ3) is 27.2. The Morgan fingerprint density at radius 2 is 1.09 bits per heavy atom. The van der Waals surface area contributed by atoms with Gasteiger partial charge < -0.3 is 4.74 Å². The van der Waals surface area contributed by atoms with Crippen LogP contribution in [0, 0.1) is 5.92 Å². The Bertz CT molecular complexity index is 400. The molecule has 0 heterocycles. The van der Waals surface area contributed by atoms with E-state index < -0.39 is 0 Å². The molecule has 0 fully saturated rings. The van der Waals surface area contributed by atoms with Crippen LogP contribution in [0.1, 0.15) is 162 Å². The third-order valence-electron chi connectivity index (χ3n) is 6.33. The minimum Gasteiger partial charge on any atom is -0.466 e. The van der Waals surface area contributed by atoms with E-state index in [1.807, 2.05) is 0 Å². The van der Waals surface area contributed by atoms with Gasteiger partial charge in [0.15, 0.2) is 0 Å². The molecule has 0 rings (SSSR count). The Morgan fingerprint density at radius 3 is 1.66 bits per heavy atom. The number of carbonyl (C=O) groups excluding carboxylic acids is 1. The minimum absolute atomic E-state index is 0.0105. The highest BCUT2D eigenvalue weighted by Crippen LogP contribution is 2.13. The van der Waals surface area contributed by atoms with Crippen molar-refractivity contribution in [3.8, 4) is 0 Å². The van der Waals surface area contributed by atoms with Gasteiger partial charge >= 0.3 is 5.97 Å². The number of allylic oxidation sites excluding steroid dienone is 2. The van der Waals surface area contributed by atoms with Crippen molar-refractivity contribution >= 4 is 5.97 Å². The van der Waals surface area contributed by atoms with Gasteiger partial charge in [-0.1, -0.05) is 129 Å². The molecule has 2 heteroatoms. The van der Waals surface area contributed by atoms with E-state index in [1.165, 1.54) is 116 Å². The monoisotopic (exact) mass is 450 g/mol. The summed E-state index contributed by atoms with van der Waals surface area (Å²) in [6, 6.07) is 0. The van der Waals surface area contributed by atoms with Gasteiger partial charge in [-0.15, -0.1) is 0 Å². The molecule has 0 aromatic heterocycles. The van der Waals surface area contributed by atoms with Gasteiger partial charge in [0.1, 0.15) is 0 Å². The summed E-state index contributed by atoms with van der Waals surface area (Å²) < 4.78 is 5.38. The molecule has 2 nitrogen and oxygen atoms in total. The number of unbranched alkanes of at least 4 members (excludes halogenated alkanes) is 17. The second kappa shape index (κ2) is 26.5. The van der Waals surface area contributed by atoms with Crippen molar-refractivity contribution in [1.82, 2.24) is 0 Å². The molecule has 0 saturated heterocycles. The smallest absolute Gasteiger partial charge is 0.305 e. The van der Waals surface area contributed by atoms with E-state index in [4.69, 9.17) is 4.74 Å². The number of ether oxygens (including phenoxy) is 1. The lowest BCUT2D eigenvalue weighted by molar-refractivity contribution is -0.143. The molecule has 0 amide bonds. The molecule has 0 aliphatic carbocycles. The molecule has 32 heavy (non-hydrogen) atoms. The Balaban J connectivity index is 3.21. The Kier molecular flexibility index (Phi) is 25.8. The maximum atomic E-state index is 11.8. The van der Waals surface area contributed by atoms with Crippen LogP contribution in [0.5, 0.6) is 0 Å². The van der Waals surface area contributed by atoms with Crippen molar-refractivity contribution in [3.63, 3.8) is 0 Å². The molecule has 0 aromatic carbocycles. The maximum Gasteiger partial charge on any atom is 0.305 e. The van der Waals surface area contributed by atoms with Gasteiger partial charge in [0.25, 0.3) is 0 Å². The van der Waals surface area contributed by atoms with E-state index in [2.05, 4.69) is 32.9 Å². The molecule has 0 radical (unpaired) electrons. The number of hydrogen-bond acceptors (Lipinski definition) is 2. The van der Waals surface area contributed by atoms with Crippen LogP contribution in [0.4, 0.5) is 0 Å². The SMILES string of the molecule is CCCCCCCC/C=C/CCCCCCCC(=O)OCCCCCCCCCC(C)C. The van der Waals surface area contributed by atoms with Crippen molar-refractivity contribution in [2.75, 3.05) is 6.61 Å². The topological polar surface area (TPSA) is 26.3 Å². The van der Waals surface area contributed by atoms with E-state index >= 15 is 0 Å². The van der Waals surface area contributed by atoms with Gasteiger partial charge in [-0.3, -0.25) is 4.79 Å². The first-order valence-corrected chi connectivity index (χ1v) is 14.5. The number of esters is 1. The second-order valence-electron chi connectivity index (χ2n) is 10.2. The zero-order valence-electron chi connectivity index (χ0n) is 22.3. The summed E-state index contributed by atoms with van der Waals surface area (Å²) in [6.07, 6.45) is 32.4. The normalized spacial score (nSPS) is 11.6. The summed E-state index contributed by atoms with van der Waals surface area (Å²) in [5.74, 6) is 0.854. The zero-order chi connectivity index (χ0) is 23.5. The van der Waals surface area contributed by atoms with Crippen molar-refractivity contribution in [2.45, 2.75) is 162 Å². The van der Waals surface area contributed by atoms with E-state index in [1.54, 1.807) is 0 Å². The van der Waals surface area contributed by atoms with E-state index in [9.17, 15) is 4.79 Å². The molecule has 0 bridgehead atoms. The molecule has 0 spiro atoms. The molecular weight excluding hydrogens is 392 g/mol. The van der Waals surface area contributed by atoms with Crippen LogP contribution in [-0.2, 0) is 9.53 Å². The maximum absolute atomic E-state index is 11.8. The fraction of sp³-hybridized carbons (Fsp3) is 0.900. The van der Waals surface area contributed by atoms with E-state index in [-0.39, 0.29) is 5.97 Å². The molecule has 0 N–H and O–H groups in total. The van der Waals surface area contributed by atoms with Crippen molar-refractivity contribution < 1.29 is 9.53 Å². The average molecular weight is 451 g/mol. The van der Waals surface area contributed by atoms with Crippen LogP contribution in [0.15, 0.2) is 12.2 Å². The fourth-order valence-electron chi connectivity index (χ4n) is 4.14. The van der Waals surface area contributed by atoms with Crippen LogP contribution in [0.25, 0.3) is 0 Å². The fourth-order valence-corrected chi connectivity index (χ4v) is 4.14. The molecule has 0 unspecified atom stereocenters. The largest absolute Gasteiger partial charge is 0.466 e. The highest BCUT2D eigenvalue weighted by atomic mass is 16.5. The molecule has 0 aliphatic rings. The van der Waals surface area contributed by atoms with Crippen LogP contribution < -0.4 is 0 Å². The lowest BCUT2D eigenvalue weighted by atomic mass is 10.0. The van der Waals surface area contributed by atoms with Crippen LogP contribution in [0.3, 0.4) is 0 Å². The van der Waals surface area contributed by atoms with Gasteiger partial charge in [0.2, 0.25) is 0 Å². The summed E-state index contributed by atoms with van der Waals surface area (Å²) in [5.41, 5.74) is 0. The predicted octanol–water partition coefficient (Wildman–Crippen LogP) is 10.3. The molecular formula is C30H58O2. The molecule has 0 aliphatic heterocycles. The number of hydrogen-bond donors (Lipinski definition) is 0. The number of carbonyl (C=O) groups is 1. The van der Waals surface area contributed by atoms with Crippen LogP contribution in [-0.4, -0.2) is 12.6 Å². The quantitative estimate of drug-likeness (QED) is 0.0785. The first kappa shape index (κ1) is 31.2. The first-order chi connectivity index (χ1) is 15.7. The van der Waals surface area contributed by atoms with Crippen LogP contribution >= 0.6 is 0 Å². The summed E-state index contributed by atoms with van der Waals surface area (Å²) in [6.45, 7) is 7.51. The lowest BCUT2D eigenvalue weighted by Gasteiger charge is -2.06. The summed E-state index contributed by atoms with van der Waals surface area (Å²) in [4.78, 5) is 11.8. The average Bonchev–Trinajstić information content (AvgIpc) is 2.77. The third-order valence-corrected chi connectivity index (χ3v) is 6.33. The minimum atomic E-state index is 0.0105. The Labute approximate surface area is 202 Å². The second-order valence-corrected chi connectivity index (χ2v) is 10.2. The van der Waals surface area contributed by atoms with E-state index in [0.717, 1.165) is 25.2 Å². The molecule has 0 aromatic rings. The van der Waals surface area contributed by atoms with Crippen molar-refractivity contribution in [3.05, 3.63) is 12.2 Å². The van der Waals surface area contributed by atoms with Gasteiger partial charge in [0, 0.05) is 6.42 Å². The molecule has 190 valence electrons. The Morgan fingerprint density at radius 1 is 0.625 bits per heavy atom. The van der Waals surface area contributed by atoms with Gasteiger partial charge in [-0.2, -0.15) is 0 Å². The number of rotatable bonds is 25. The van der Waals surface area contributed by atoms with E-state index in [0.29, 0.717) is 13.0 Å². The first-order valence-electron chi connectivity index (χ1n) is 14.5. The summed E-state index contributed by atoms with van der Waals surface area (Å²) in [5, 5.41) is 0. The molecule has 0 saturated carbocycles. The lowest BCUT2D eigenvalue weighted by Crippen LogP contribution is -2.05. The highest BCUT2D eigenvalue weighted by molar-refractivity contribution is 5.69. The zero-order valence-corrected chi connectivity index (χ0v) is 22.3. The van der Waals surface area contributed by atoms with Crippen LogP contribution in [0.2, 0.25) is 0 Å².